The molecule has 0 radical (unpaired) electrons. The fraction of sp³-hybridized carbons (Fsp3) is 0.571. The Balaban J connectivity index is 2.69. The summed E-state index contributed by atoms with van der Waals surface area (Å²) < 4.78 is 27.1. The Morgan fingerprint density at radius 1 is 1.33 bits per heavy atom. The third-order valence-corrected chi connectivity index (χ3v) is 3.01. The van der Waals surface area contributed by atoms with Gasteiger partial charge in [-0.15, -0.1) is 0 Å². The van der Waals surface area contributed by atoms with Crippen LogP contribution in [0.2, 0.25) is 0 Å². The third kappa shape index (κ3) is 4.03. The summed E-state index contributed by atoms with van der Waals surface area (Å²) in [7, 11) is 0. The van der Waals surface area contributed by atoms with Gasteiger partial charge in [-0.05, 0) is 32.4 Å². The van der Waals surface area contributed by atoms with Gasteiger partial charge in [0.15, 0.2) is 0 Å². The van der Waals surface area contributed by atoms with Crippen molar-refractivity contribution in [1.29, 1.82) is 0 Å². The predicted octanol–water partition coefficient (Wildman–Crippen LogP) is 3.17. The first-order valence-corrected chi connectivity index (χ1v) is 6.27. The zero-order chi connectivity index (χ0) is 13.8. The fourth-order valence-electron chi connectivity index (χ4n) is 2.03. The van der Waals surface area contributed by atoms with Crippen molar-refractivity contribution in [2.45, 2.75) is 45.3 Å². The molecule has 2 atom stereocenters. The molecule has 18 heavy (non-hydrogen) atoms. The molecule has 1 rings (SSSR count). The van der Waals surface area contributed by atoms with E-state index in [2.05, 4.69) is 5.32 Å². The number of nitrogens with one attached hydrogen (secondary N) is 1. The van der Waals surface area contributed by atoms with Crippen LogP contribution in [0.3, 0.4) is 0 Å². The summed E-state index contributed by atoms with van der Waals surface area (Å²) in [5.74, 6) is -1.13. The first-order valence-electron chi connectivity index (χ1n) is 6.27. The van der Waals surface area contributed by atoms with Crippen molar-refractivity contribution < 1.29 is 13.9 Å². The molecule has 0 heterocycles. The highest BCUT2D eigenvalue weighted by Crippen LogP contribution is 2.21. The molecule has 0 aliphatic rings. The van der Waals surface area contributed by atoms with Crippen molar-refractivity contribution in [3.63, 3.8) is 0 Å². The summed E-state index contributed by atoms with van der Waals surface area (Å²) in [6.45, 7) is 5.68. The minimum absolute atomic E-state index is 0.0183. The van der Waals surface area contributed by atoms with Crippen LogP contribution in [0, 0.1) is 11.6 Å². The van der Waals surface area contributed by atoms with E-state index in [9.17, 15) is 13.9 Å². The van der Waals surface area contributed by atoms with E-state index in [4.69, 9.17) is 0 Å². The standard InChI is InChI=1S/C14H21F2NO/c1-4-8-14(3,18)9-17-10(2)13-11(15)6-5-7-12(13)16/h5-7,10,17-18H,4,8-9H2,1-3H3. The summed E-state index contributed by atoms with van der Waals surface area (Å²) in [5, 5.41) is 13.0. The molecular formula is C14H21F2NO. The number of hydrogen-bond donors (Lipinski definition) is 2. The molecular weight excluding hydrogens is 236 g/mol. The van der Waals surface area contributed by atoms with Gasteiger partial charge in [0.1, 0.15) is 11.6 Å². The van der Waals surface area contributed by atoms with Crippen LogP contribution in [0.4, 0.5) is 8.78 Å². The van der Waals surface area contributed by atoms with Gasteiger partial charge in [-0.3, -0.25) is 0 Å². The van der Waals surface area contributed by atoms with E-state index < -0.39 is 23.3 Å². The minimum atomic E-state index is -0.856. The molecule has 0 spiro atoms. The van der Waals surface area contributed by atoms with Crippen LogP contribution in [0.15, 0.2) is 18.2 Å². The summed E-state index contributed by atoms with van der Waals surface area (Å²) in [6, 6.07) is 3.34. The zero-order valence-electron chi connectivity index (χ0n) is 11.1. The van der Waals surface area contributed by atoms with E-state index in [0.717, 1.165) is 6.42 Å². The highest BCUT2D eigenvalue weighted by Gasteiger charge is 2.22. The first kappa shape index (κ1) is 15.1. The lowest BCUT2D eigenvalue weighted by atomic mass is 9.99. The highest BCUT2D eigenvalue weighted by molar-refractivity contribution is 5.22. The summed E-state index contributed by atoms with van der Waals surface area (Å²) >= 11 is 0. The van der Waals surface area contributed by atoms with Crippen molar-refractivity contribution in [2.75, 3.05) is 6.54 Å². The fourth-order valence-corrected chi connectivity index (χ4v) is 2.03. The Morgan fingerprint density at radius 2 is 1.89 bits per heavy atom. The maximum Gasteiger partial charge on any atom is 0.130 e. The van der Waals surface area contributed by atoms with Crippen molar-refractivity contribution in [1.82, 2.24) is 5.32 Å². The summed E-state index contributed by atoms with van der Waals surface area (Å²) in [6.07, 6.45) is 1.50. The molecule has 2 N–H and O–H groups in total. The van der Waals surface area contributed by atoms with Gasteiger partial charge in [0, 0.05) is 18.2 Å². The van der Waals surface area contributed by atoms with Crippen LogP contribution in [-0.4, -0.2) is 17.3 Å². The normalized spacial score (nSPS) is 16.3. The first-order chi connectivity index (χ1) is 8.37. The predicted molar refractivity (Wildman–Crippen MR) is 68.3 cm³/mol. The maximum atomic E-state index is 13.5. The van der Waals surface area contributed by atoms with Gasteiger partial charge in [0.05, 0.1) is 5.60 Å². The van der Waals surface area contributed by atoms with Gasteiger partial charge in [0.2, 0.25) is 0 Å². The number of hydrogen-bond acceptors (Lipinski definition) is 2. The maximum absolute atomic E-state index is 13.5. The van der Waals surface area contributed by atoms with Crippen LogP contribution >= 0.6 is 0 Å². The van der Waals surface area contributed by atoms with Gasteiger partial charge in [-0.25, -0.2) is 8.78 Å². The third-order valence-electron chi connectivity index (χ3n) is 3.01. The van der Waals surface area contributed by atoms with Gasteiger partial charge < -0.3 is 10.4 Å². The molecule has 2 nitrogen and oxygen atoms in total. The van der Waals surface area contributed by atoms with Gasteiger partial charge in [-0.1, -0.05) is 19.4 Å². The largest absolute Gasteiger partial charge is 0.389 e. The zero-order valence-corrected chi connectivity index (χ0v) is 11.1. The molecule has 0 bridgehead atoms. The molecule has 1 aromatic rings. The number of halogens is 2. The van der Waals surface area contributed by atoms with E-state index in [1.807, 2.05) is 6.92 Å². The molecule has 2 unspecified atom stereocenters. The van der Waals surface area contributed by atoms with Crippen LogP contribution in [-0.2, 0) is 0 Å². The summed E-state index contributed by atoms with van der Waals surface area (Å²) in [5.41, 5.74) is -0.838. The van der Waals surface area contributed by atoms with E-state index in [1.54, 1.807) is 13.8 Å². The Bertz CT molecular complexity index is 373. The van der Waals surface area contributed by atoms with Crippen molar-refractivity contribution in [3.05, 3.63) is 35.4 Å². The lowest BCUT2D eigenvalue weighted by Gasteiger charge is -2.26. The van der Waals surface area contributed by atoms with Crippen molar-refractivity contribution >= 4 is 0 Å². The number of aliphatic hydroxyl groups is 1. The van der Waals surface area contributed by atoms with Gasteiger partial charge in [0.25, 0.3) is 0 Å². The minimum Gasteiger partial charge on any atom is -0.389 e. The lowest BCUT2D eigenvalue weighted by Crippen LogP contribution is -2.39. The monoisotopic (exact) mass is 257 g/mol. The van der Waals surface area contributed by atoms with Gasteiger partial charge in [-0.2, -0.15) is 0 Å². The van der Waals surface area contributed by atoms with Crippen LogP contribution in [0.1, 0.15) is 45.2 Å². The van der Waals surface area contributed by atoms with E-state index in [1.165, 1.54) is 18.2 Å². The highest BCUT2D eigenvalue weighted by atomic mass is 19.1. The molecule has 4 heteroatoms. The molecule has 0 amide bonds. The molecule has 0 saturated heterocycles. The van der Waals surface area contributed by atoms with Gasteiger partial charge >= 0.3 is 0 Å². The number of benzene rings is 1. The molecule has 0 aliphatic carbocycles. The second-order valence-corrected chi connectivity index (χ2v) is 4.98. The SMILES string of the molecule is CCCC(C)(O)CNC(C)c1c(F)cccc1F. The lowest BCUT2D eigenvalue weighted by molar-refractivity contribution is 0.0474. The molecule has 102 valence electrons. The molecule has 0 saturated carbocycles. The molecule has 1 aromatic carbocycles. The Kier molecular flexibility index (Phi) is 5.23. The average Bonchev–Trinajstić information content (AvgIpc) is 2.26. The Labute approximate surface area is 107 Å². The summed E-state index contributed by atoms with van der Waals surface area (Å²) in [4.78, 5) is 0. The topological polar surface area (TPSA) is 32.3 Å². The number of rotatable bonds is 6. The Morgan fingerprint density at radius 3 is 2.39 bits per heavy atom. The quantitative estimate of drug-likeness (QED) is 0.820. The molecule has 0 aromatic heterocycles. The molecule has 0 aliphatic heterocycles. The van der Waals surface area contributed by atoms with Crippen LogP contribution in [0.5, 0.6) is 0 Å². The van der Waals surface area contributed by atoms with E-state index >= 15 is 0 Å². The average molecular weight is 257 g/mol. The second-order valence-electron chi connectivity index (χ2n) is 4.98. The smallest absolute Gasteiger partial charge is 0.130 e. The second kappa shape index (κ2) is 6.25. The van der Waals surface area contributed by atoms with Crippen molar-refractivity contribution in [3.8, 4) is 0 Å². The van der Waals surface area contributed by atoms with E-state index in [0.29, 0.717) is 13.0 Å². The van der Waals surface area contributed by atoms with Crippen LogP contribution < -0.4 is 5.32 Å². The van der Waals surface area contributed by atoms with E-state index in [-0.39, 0.29) is 5.56 Å². The van der Waals surface area contributed by atoms with Crippen LogP contribution in [0.25, 0.3) is 0 Å². The van der Waals surface area contributed by atoms with Crippen molar-refractivity contribution in [2.24, 2.45) is 0 Å². The Hall–Kier alpha value is -1.00. The molecule has 0 fully saturated rings.